The number of methoxy groups -OCH3 is 1. The minimum absolute atomic E-state index is 0.00630. The number of carbonyl (C=O) groups excluding carboxylic acids is 1. The number of hydrogen-bond acceptors (Lipinski definition) is 7. The van der Waals surface area contributed by atoms with Crippen LogP contribution in [0, 0.1) is 0 Å². The van der Waals surface area contributed by atoms with Gasteiger partial charge in [0.2, 0.25) is 5.91 Å². The first-order valence-electron chi connectivity index (χ1n) is 8.31. The predicted octanol–water partition coefficient (Wildman–Crippen LogP) is 4.17. The molecule has 9 nitrogen and oxygen atoms in total. The summed E-state index contributed by atoms with van der Waals surface area (Å²) in [6.45, 7) is 1.27. The maximum atomic E-state index is 11.7. The first kappa shape index (κ1) is 20.2. The van der Waals surface area contributed by atoms with Crippen molar-refractivity contribution in [1.82, 2.24) is 0 Å². The zero-order chi connectivity index (χ0) is 21.2. The number of hydrogen-bond donors (Lipinski definition) is 3. The number of fused-ring (bicyclic) bond motifs is 1. The molecule has 3 rings (SSSR count). The smallest absolute Gasteiger partial charge is 0.295 e. The maximum Gasteiger partial charge on any atom is 0.295 e. The number of para-hydroxylation sites is 1. The van der Waals surface area contributed by atoms with Crippen molar-refractivity contribution in [2.75, 3.05) is 12.4 Å². The lowest BCUT2D eigenvalue weighted by Crippen LogP contribution is -2.07. The molecule has 0 radical (unpaired) electrons. The number of phenols is 1. The first-order valence-corrected chi connectivity index (χ1v) is 9.75. The van der Waals surface area contributed by atoms with Gasteiger partial charge in [0.1, 0.15) is 22.0 Å². The van der Waals surface area contributed by atoms with Crippen molar-refractivity contribution in [1.29, 1.82) is 0 Å². The van der Waals surface area contributed by atoms with Gasteiger partial charge in [-0.05, 0) is 30.3 Å². The fourth-order valence-electron chi connectivity index (χ4n) is 2.81. The Kier molecular flexibility index (Phi) is 5.48. The molecule has 0 aromatic heterocycles. The van der Waals surface area contributed by atoms with Gasteiger partial charge in [-0.2, -0.15) is 8.42 Å². The van der Waals surface area contributed by atoms with Crippen molar-refractivity contribution < 1.29 is 27.6 Å². The number of amides is 1. The highest BCUT2D eigenvalue weighted by Gasteiger charge is 2.20. The normalized spacial score (nSPS) is 11.7. The summed E-state index contributed by atoms with van der Waals surface area (Å²) in [5, 5.41) is 21.4. The Morgan fingerprint density at radius 2 is 1.72 bits per heavy atom. The summed E-state index contributed by atoms with van der Waals surface area (Å²) in [5.41, 5.74) is 0.609. The summed E-state index contributed by atoms with van der Waals surface area (Å²) >= 11 is 0. The van der Waals surface area contributed by atoms with E-state index in [1.165, 1.54) is 32.2 Å². The quantitative estimate of drug-likeness (QED) is 0.422. The van der Waals surface area contributed by atoms with Crippen LogP contribution in [-0.2, 0) is 14.9 Å². The maximum absolute atomic E-state index is 11.7. The molecule has 3 aromatic rings. The Bertz CT molecular complexity index is 1240. The second-order valence-corrected chi connectivity index (χ2v) is 7.39. The highest BCUT2D eigenvalue weighted by molar-refractivity contribution is 7.86. The van der Waals surface area contributed by atoms with Gasteiger partial charge in [0.25, 0.3) is 10.1 Å². The molecule has 3 aromatic carbocycles. The highest BCUT2D eigenvalue weighted by Crippen LogP contribution is 2.42. The number of azo groups is 1. The topological polar surface area (TPSA) is 138 Å². The fraction of sp³-hybridized carbons (Fsp3) is 0.105. The van der Waals surface area contributed by atoms with Crippen LogP contribution in [0.3, 0.4) is 0 Å². The van der Waals surface area contributed by atoms with Gasteiger partial charge < -0.3 is 15.2 Å². The number of nitrogens with one attached hydrogen (secondary N) is 1. The summed E-state index contributed by atoms with van der Waals surface area (Å²) in [5.74, 6) is -0.356. The average molecular weight is 415 g/mol. The second-order valence-electron chi connectivity index (χ2n) is 6.00. The number of phenolic OH excluding ortho intramolecular Hbond substituents is 1. The Hall–Kier alpha value is -3.50. The Balaban J connectivity index is 2.22. The summed E-state index contributed by atoms with van der Waals surface area (Å²) in [7, 11) is -3.08. The molecule has 0 saturated heterocycles. The largest absolute Gasteiger partial charge is 0.505 e. The molecule has 29 heavy (non-hydrogen) atoms. The molecular weight excluding hydrogens is 398 g/mol. The molecular formula is C19H17N3O6S. The van der Waals surface area contributed by atoms with E-state index >= 15 is 0 Å². The van der Waals surface area contributed by atoms with Crippen molar-refractivity contribution >= 4 is 43.9 Å². The van der Waals surface area contributed by atoms with Crippen molar-refractivity contribution in [2.24, 2.45) is 10.2 Å². The van der Waals surface area contributed by atoms with E-state index in [0.29, 0.717) is 11.4 Å². The van der Waals surface area contributed by atoms with E-state index in [1.54, 1.807) is 24.3 Å². The predicted molar refractivity (Wildman–Crippen MR) is 107 cm³/mol. The van der Waals surface area contributed by atoms with Crippen LogP contribution >= 0.6 is 0 Å². The first-order chi connectivity index (χ1) is 13.7. The standard InChI is InChI=1S/C19H17N3O6S/c1-11(23)20-14-9-10-17(29(25,26)27)12-7-8-15(19(24)18(12)14)22-21-13-5-3-4-6-16(13)28-2/h3-10,24H,1-2H3,(H,20,23)(H,25,26,27)/b22-21+. The second kappa shape index (κ2) is 7.86. The summed E-state index contributed by atoms with van der Waals surface area (Å²) in [6, 6.07) is 12.0. The summed E-state index contributed by atoms with van der Waals surface area (Å²) in [6.07, 6.45) is 0. The third kappa shape index (κ3) is 4.18. The van der Waals surface area contributed by atoms with E-state index in [0.717, 1.165) is 6.07 Å². The van der Waals surface area contributed by atoms with Crippen LogP contribution in [0.2, 0.25) is 0 Å². The zero-order valence-electron chi connectivity index (χ0n) is 15.4. The van der Waals surface area contributed by atoms with Gasteiger partial charge in [-0.1, -0.05) is 18.2 Å². The van der Waals surface area contributed by atoms with Crippen LogP contribution in [0.1, 0.15) is 6.92 Å². The molecule has 0 unspecified atom stereocenters. The van der Waals surface area contributed by atoms with Crippen LogP contribution < -0.4 is 10.1 Å². The molecule has 150 valence electrons. The Labute approximate surface area is 166 Å². The van der Waals surface area contributed by atoms with Gasteiger partial charge in [-0.25, -0.2) is 0 Å². The number of anilines is 1. The fourth-order valence-corrected chi connectivity index (χ4v) is 3.50. The van der Waals surface area contributed by atoms with Gasteiger partial charge in [0.15, 0.2) is 5.75 Å². The molecule has 0 heterocycles. The molecule has 0 aliphatic heterocycles. The van der Waals surface area contributed by atoms with E-state index in [-0.39, 0.29) is 22.1 Å². The molecule has 0 aliphatic carbocycles. The van der Waals surface area contributed by atoms with Crippen LogP contribution in [0.5, 0.6) is 11.5 Å². The summed E-state index contributed by atoms with van der Waals surface area (Å²) in [4.78, 5) is 11.1. The number of nitrogens with zero attached hydrogens (tertiary/aromatic N) is 2. The minimum atomic E-state index is -4.56. The van der Waals surface area contributed by atoms with Crippen LogP contribution in [-0.4, -0.2) is 31.1 Å². The molecule has 3 N–H and O–H groups in total. The Morgan fingerprint density at radius 3 is 2.38 bits per heavy atom. The van der Waals surface area contributed by atoms with Crippen molar-refractivity contribution in [3.63, 3.8) is 0 Å². The lowest BCUT2D eigenvalue weighted by Gasteiger charge is -2.12. The van der Waals surface area contributed by atoms with Gasteiger partial charge in [-0.15, -0.1) is 10.2 Å². The van der Waals surface area contributed by atoms with E-state index in [4.69, 9.17) is 4.74 Å². The number of benzene rings is 3. The third-order valence-electron chi connectivity index (χ3n) is 4.03. The highest BCUT2D eigenvalue weighted by atomic mass is 32.2. The van der Waals surface area contributed by atoms with Gasteiger partial charge >= 0.3 is 0 Å². The van der Waals surface area contributed by atoms with Crippen LogP contribution in [0.25, 0.3) is 10.8 Å². The number of carbonyl (C=O) groups is 1. The molecule has 0 bridgehead atoms. The van der Waals surface area contributed by atoms with Crippen LogP contribution in [0.15, 0.2) is 63.7 Å². The molecule has 1 amide bonds. The van der Waals surface area contributed by atoms with E-state index < -0.39 is 26.7 Å². The lowest BCUT2D eigenvalue weighted by molar-refractivity contribution is -0.114. The molecule has 0 aliphatic rings. The SMILES string of the molecule is COc1ccccc1/N=N/c1ccc2c(S(=O)(=O)O)ccc(NC(C)=O)c2c1O. The van der Waals surface area contributed by atoms with E-state index in [9.17, 15) is 22.9 Å². The van der Waals surface area contributed by atoms with Gasteiger partial charge in [0.05, 0.1) is 18.2 Å². The van der Waals surface area contributed by atoms with Crippen LogP contribution in [0.4, 0.5) is 17.1 Å². The minimum Gasteiger partial charge on any atom is -0.505 e. The van der Waals surface area contributed by atoms with Gasteiger partial charge in [-0.3, -0.25) is 9.35 Å². The Morgan fingerprint density at radius 1 is 1.03 bits per heavy atom. The van der Waals surface area contributed by atoms with E-state index in [2.05, 4.69) is 15.5 Å². The molecule has 0 saturated carbocycles. The van der Waals surface area contributed by atoms with Gasteiger partial charge in [0, 0.05) is 12.3 Å². The molecule has 0 spiro atoms. The number of ether oxygens (including phenoxy) is 1. The lowest BCUT2D eigenvalue weighted by atomic mass is 10.1. The third-order valence-corrected chi connectivity index (χ3v) is 4.94. The monoisotopic (exact) mass is 415 g/mol. The van der Waals surface area contributed by atoms with E-state index in [1.807, 2.05) is 0 Å². The van der Waals surface area contributed by atoms with Crippen molar-refractivity contribution in [2.45, 2.75) is 11.8 Å². The molecule has 0 atom stereocenters. The zero-order valence-corrected chi connectivity index (χ0v) is 16.3. The molecule has 10 heteroatoms. The summed E-state index contributed by atoms with van der Waals surface area (Å²) < 4.78 is 38.0. The molecule has 0 fully saturated rings. The van der Waals surface area contributed by atoms with Crippen molar-refractivity contribution in [3.05, 3.63) is 48.5 Å². The number of aromatic hydroxyl groups is 1. The average Bonchev–Trinajstić information content (AvgIpc) is 2.66. The van der Waals surface area contributed by atoms with Crippen molar-refractivity contribution in [3.8, 4) is 11.5 Å². The number of rotatable bonds is 5.